The molecule has 140 valence electrons. The third-order valence-electron chi connectivity index (χ3n) is 4.28. The van der Waals surface area contributed by atoms with Crippen LogP contribution in [0.1, 0.15) is 5.56 Å². The highest BCUT2D eigenvalue weighted by atomic mass is 32.2. The number of nitrogens with one attached hydrogen (secondary N) is 1. The van der Waals surface area contributed by atoms with E-state index in [0.29, 0.717) is 32.1 Å². The van der Waals surface area contributed by atoms with Gasteiger partial charge in [0.1, 0.15) is 11.5 Å². The molecular formula is C19H24N2O4S. The molecule has 0 aromatic heterocycles. The van der Waals surface area contributed by atoms with Gasteiger partial charge in [0.25, 0.3) is 0 Å². The maximum Gasteiger partial charge on any atom is 0.240 e. The molecule has 7 heteroatoms. The molecule has 0 saturated carbocycles. The summed E-state index contributed by atoms with van der Waals surface area (Å²) in [5.74, 6) is 1.36. The Bertz CT molecular complexity index is 816. The Morgan fingerprint density at radius 1 is 1.08 bits per heavy atom. The Kier molecular flexibility index (Phi) is 6.26. The zero-order chi connectivity index (χ0) is 18.4. The van der Waals surface area contributed by atoms with E-state index in [2.05, 4.69) is 9.62 Å². The van der Waals surface area contributed by atoms with Gasteiger partial charge >= 0.3 is 0 Å². The fourth-order valence-electron chi connectivity index (χ4n) is 2.73. The molecule has 26 heavy (non-hydrogen) atoms. The van der Waals surface area contributed by atoms with Gasteiger partial charge in [-0.15, -0.1) is 0 Å². The summed E-state index contributed by atoms with van der Waals surface area (Å²) in [5, 5.41) is 0. The van der Waals surface area contributed by atoms with Crippen molar-refractivity contribution in [1.82, 2.24) is 9.62 Å². The van der Waals surface area contributed by atoms with Crippen molar-refractivity contribution in [1.29, 1.82) is 0 Å². The van der Waals surface area contributed by atoms with Gasteiger partial charge in [0.2, 0.25) is 10.0 Å². The highest BCUT2D eigenvalue weighted by Crippen LogP contribution is 2.25. The zero-order valence-electron chi connectivity index (χ0n) is 14.8. The third-order valence-corrected chi connectivity index (χ3v) is 5.76. The number of benzene rings is 2. The number of para-hydroxylation sites is 1. The Balaban J connectivity index is 1.57. The Labute approximate surface area is 154 Å². The van der Waals surface area contributed by atoms with Crippen molar-refractivity contribution in [3.05, 3.63) is 54.1 Å². The van der Waals surface area contributed by atoms with Crippen molar-refractivity contribution in [3.63, 3.8) is 0 Å². The molecule has 1 aliphatic heterocycles. The van der Waals surface area contributed by atoms with E-state index in [9.17, 15) is 8.42 Å². The molecule has 0 spiro atoms. The fourth-order valence-corrected chi connectivity index (χ4v) is 3.75. The summed E-state index contributed by atoms with van der Waals surface area (Å²) in [7, 11) is -3.52. The molecule has 1 heterocycles. The van der Waals surface area contributed by atoms with Crippen LogP contribution in [0.5, 0.6) is 11.5 Å². The molecule has 0 atom stereocenters. The topological polar surface area (TPSA) is 67.9 Å². The van der Waals surface area contributed by atoms with Crippen molar-refractivity contribution in [2.24, 2.45) is 0 Å². The Hall–Kier alpha value is -1.93. The number of ether oxygens (including phenoxy) is 2. The van der Waals surface area contributed by atoms with Crippen LogP contribution in [0.3, 0.4) is 0 Å². The highest BCUT2D eigenvalue weighted by molar-refractivity contribution is 7.89. The lowest BCUT2D eigenvalue weighted by Gasteiger charge is -2.26. The molecule has 1 aliphatic rings. The van der Waals surface area contributed by atoms with Crippen LogP contribution in [-0.4, -0.2) is 52.7 Å². The van der Waals surface area contributed by atoms with Crippen molar-refractivity contribution in [2.45, 2.75) is 11.8 Å². The van der Waals surface area contributed by atoms with E-state index in [1.165, 1.54) is 0 Å². The predicted octanol–water partition coefficient (Wildman–Crippen LogP) is 2.40. The summed E-state index contributed by atoms with van der Waals surface area (Å²) in [6.45, 7) is 6.11. The first-order valence-electron chi connectivity index (χ1n) is 8.68. The monoisotopic (exact) mass is 376 g/mol. The predicted molar refractivity (Wildman–Crippen MR) is 100 cm³/mol. The first-order valence-corrected chi connectivity index (χ1v) is 10.2. The first-order chi connectivity index (χ1) is 12.5. The van der Waals surface area contributed by atoms with Gasteiger partial charge in [0, 0.05) is 26.2 Å². The van der Waals surface area contributed by atoms with Crippen molar-refractivity contribution >= 4 is 10.0 Å². The number of morpholine rings is 1. The molecular weight excluding hydrogens is 352 g/mol. The fraction of sp³-hybridized carbons (Fsp3) is 0.368. The molecule has 1 fully saturated rings. The van der Waals surface area contributed by atoms with Crippen LogP contribution < -0.4 is 9.46 Å². The first kappa shape index (κ1) is 18.8. The van der Waals surface area contributed by atoms with Crippen LogP contribution in [0.25, 0.3) is 0 Å². The number of aryl methyl sites for hydroxylation is 1. The Morgan fingerprint density at radius 2 is 1.77 bits per heavy atom. The van der Waals surface area contributed by atoms with Crippen LogP contribution >= 0.6 is 0 Å². The normalized spacial score (nSPS) is 15.7. The van der Waals surface area contributed by atoms with Crippen LogP contribution in [0.2, 0.25) is 0 Å². The lowest BCUT2D eigenvalue weighted by molar-refractivity contribution is 0.0390. The average molecular weight is 376 g/mol. The van der Waals surface area contributed by atoms with E-state index in [1.807, 2.05) is 31.2 Å². The van der Waals surface area contributed by atoms with E-state index in [4.69, 9.17) is 9.47 Å². The van der Waals surface area contributed by atoms with Gasteiger partial charge in [-0.2, -0.15) is 0 Å². The van der Waals surface area contributed by atoms with Gasteiger partial charge in [0.05, 0.1) is 18.1 Å². The summed E-state index contributed by atoms with van der Waals surface area (Å²) >= 11 is 0. The number of hydrogen-bond donors (Lipinski definition) is 1. The molecule has 6 nitrogen and oxygen atoms in total. The Morgan fingerprint density at radius 3 is 2.46 bits per heavy atom. The minimum atomic E-state index is -3.52. The van der Waals surface area contributed by atoms with Gasteiger partial charge < -0.3 is 9.47 Å². The number of nitrogens with zero attached hydrogens (tertiary/aromatic N) is 1. The zero-order valence-corrected chi connectivity index (χ0v) is 15.7. The molecule has 0 aliphatic carbocycles. The van der Waals surface area contributed by atoms with E-state index in [1.54, 1.807) is 24.3 Å². The molecule has 1 saturated heterocycles. The van der Waals surface area contributed by atoms with Gasteiger partial charge in [0.15, 0.2) is 0 Å². The second-order valence-corrected chi connectivity index (χ2v) is 7.96. The second-order valence-electron chi connectivity index (χ2n) is 6.19. The molecule has 3 rings (SSSR count). The molecule has 2 aromatic rings. The van der Waals surface area contributed by atoms with E-state index in [-0.39, 0.29) is 4.90 Å². The van der Waals surface area contributed by atoms with E-state index in [0.717, 1.165) is 24.4 Å². The highest BCUT2D eigenvalue weighted by Gasteiger charge is 2.15. The van der Waals surface area contributed by atoms with Crippen molar-refractivity contribution in [2.75, 3.05) is 39.4 Å². The SMILES string of the molecule is Cc1ccccc1Oc1ccc(S(=O)(=O)NCCN2CCOCC2)cc1. The lowest BCUT2D eigenvalue weighted by Crippen LogP contribution is -2.41. The van der Waals surface area contributed by atoms with Crippen LogP contribution in [-0.2, 0) is 14.8 Å². The molecule has 2 aromatic carbocycles. The number of sulfonamides is 1. The smallest absolute Gasteiger partial charge is 0.240 e. The average Bonchev–Trinajstić information content (AvgIpc) is 2.65. The summed E-state index contributed by atoms with van der Waals surface area (Å²) in [6, 6.07) is 14.2. The maximum absolute atomic E-state index is 12.4. The molecule has 1 N–H and O–H groups in total. The minimum absolute atomic E-state index is 0.233. The van der Waals surface area contributed by atoms with Crippen LogP contribution in [0.15, 0.2) is 53.4 Å². The standard InChI is InChI=1S/C19H24N2O4S/c1-16-4-2-3-5-19(16)25-17-6-8-18(9-7-17)26(22,23)20-10-11-21-12-14-24-15-13-21/h2-9,20H,10-15H2,1H3. The van der Waals surface area contributed by atoms with Gasteiger partial charge in [-0.3, -0.25) is 4.90 Å². The van der Waals surface area contributed by atoms with Gasteiger partial charge in [-0.1, -0.05) is 18.2 Å². The lowest BCUT2D eigenvalue weighted by atomic mass is 10.2. The van der Waals surface area contributed by atoms with Crippen molar-refractivity contribution in [3.8, 4) is 11.5 Å². The van der Waals surface area contributed by atoms with Crippen LogP contribution in [0.4, 0.5) is 0 Å². The number of hydrogen-bond acceptors (Lipinski definition) is 5. The maximum atomic E-state index is 12.4. The summed E-state index contributed by atoms with van der Waals surface area (Å²) < 4.78 is 38.5. The number of rotatable bonds is 7. The summed E-state index contributed by atoms with van der Waals surface area (Å²) in [6.07, 6.45) is 0. The van der Waals surface area contributed by atoms with Crippen LogP contribution in [0, 0.1) is 6.92 Å². The second kappa shape index (κ2) is 8.64. The molecule has 0 amide bonds. The largest absolute Gasteiger partial charge is 0.457 e. The van der Waals surface area contributed by atoms with Crippen molar-refractivity contribution < 1.29 is 17.9 Å². The van der Waals surface area contributed by atoms with Gasteiger partial charge in [-0.25, -0.2) is 13.1 Å². The minimum Gasteiger partial charge on any atom is -0.457 e. The summed E-state index contributed by atoms with van der Waals surface area (Å²) in [5.41, 5.74) is 1.02. The third kappa shape index (κ3) is 5.04. The molecule has 0 radical (unpaired) electrons. The van der Waals surface area contributed by atoms with E-state index < -0.39 is 10.0 Å². The molecule has 0 bridgehead atoms. The van der Waals surface area contributed by atoms with E-state index >= 15 is 0 Å². The quantitative estimate of drug-likeness (QED) is 0.804. The summed E-state index contributed by atoms with van der Waals surface area (Å²) in [4.78, 5) is 2.42. The molecule has 0 unspecified atom stereocenters. The van der Waals surface area contributed by atoms with Gasteiger partial charge in [-0.05, 0) is 42.8 Å².